The molecule has 0 aliphatic carbocycles. The predicted molar refractivity (Wildman–Crippen MR) is 210 cm³/mol. The molecule has 5 rings (SSSR count). The SMILES string of the molecule is O=C(O)c1ccc(SOOO)cc1N/N=C(\N=Nc1cc(S(=O)(=O)O)cc(Nc2nc(Cl)nc(Nc3cccc(S(=O)(=O)CCOS(=O)(=O)O)c3)n2)c1O)c1ccccc1. The van der Waals surface area contributed by atoms with Gasteiger partial charge in [-0.1, -0.05) is 41.4 Å². The number of anilines is 5. The lowest BCUT2D eigenvalue weighted by atomic mass is 10.2. The van der Waals surface area contributed by atoms with Gasteiger partial charge in [0.25, 0.3) is 10.1 Å². The Labute approximate surface area is 347 Å². The minimum Gasteiger partial charge on any atom is -0.504 e. The molecule has 0 fully saturated rings. The van der Waals surface area contributed by atoms with Crippen LogP contribution >= 0.6 is 23.6 Å². The summed E-state index contributed by atoms with van der Waals surface area (Å²) in [5.41, 5.74) is 1.60. The van der Waals surface area contributed by atoms with E-state index in [0.29, 0.717) is 17.6 Å². The van der Waals surface area contributed by atoms with Crippen molar-refractivity contribution in [2.45, 2.75) is 14.7 Å². The highest BCUT2D eigenvalue weighted by Crippen LogP contribution is 2.39. The standard InChI is InChI=1S/C31H26ClN9O15S4/c32-29-35-30(33-18-7-4-8-20(13-18)58(46,47)12-11-54-60(51,52)53)37-31(36-29)34-24-15-21(59(48,49)50)16-25(26(24)42)39-41-27(17-5-2-1-3-6-17)40-38-23-14-19(57-56-55-45)9-10-22(23)28(43)44/h1-10,13-16,38,42,45H,11-12H2,(H,43,44)(H,48,49,50)(H,51,52,53)(H2,33,34,35,36,37)/b40-27-,41-39?. The van der Waals surface area contributed by atoms with Crippen molar-refractivity contribution < 1.29 is 68.2 Å². The summed E-state index contributed by atoms with van der Waals surface area (Å²) in [6, 6.07) is 18.5. The number of aromatic hydroxyl groups is 1. The number of hydrogen-bond donors (Lipinski definition) is 8. The van der Waals surface area contributed by atoms with Crippen molar-refractivity contribution in [3.63, 3.8) is 0 Å². The van der Waals surface area contributed by atoms with E-state index < -0.39 is 81.9 Å². The van der Waals surface area contributed by atoms with Gasteiger partial charge in [-0.05, 0) is 60.1 Å². The molecule has 60 heavy (non-hydrogen) atoms. The van der Waals surface area contributed by atoms with Crippen molar-refractivity contribution in [2.75, 3.05) is 28.4 Å². The molecule has 0 aliphatic rings. The van der Waals surface area contributed by atoms with Crippen molar-refractivity contribution in [1.29, 1.82) is 0 Å². The van der Waals surface area contributed by atoms with Crippen LogP contribution in [0.4, 0.5) is 34.6 Å². The number of nitrogens with one attached hydrogen (secondary N) is 3. The zero-order valence-corrected chi connectivity index (χ0v) is 33.5. The summed E-state index contributed by atoms with van der Waals surface area (Å²) in [6.45, 7) is -0.866. The van der Waals surface area contributed by atoms with E-state index in [4.69, 9.17) is 21.4 Å². The Bertz CT molecular complexity index is 2800. The molecule has 0 aliphatic heterocycles. The maximum Gasteiger partial charge on any atom is 0.397 e. The third-order valence-electron chi connectivity index (χ3n) is 7.20. The highest BCUT2D eigenvalue weighted by atomic mass is 35.5. The van der Waals surface area contributed by atoms with Gasteiger partial charge in [0.15, 0.2) is 15.6 Å². The number of phenols is 1. The van der Waals surface area contributed by atoms with Crippen molar-refractivity contribution in [3.05, 3.63) is 101 Å². The highest BCUT2D eigenvalue weighted by Gasteiger charge is 2.21. The lowest BCUT2D eigenvalue weighted by molar-refractivity contribution is -0.432. The zero-order chi connectivity index (χ0) is 43.7. The number of phenolic OH excluding ortho intramolecular Hbond substituents is 1. The van der Waals surface area contributed by atoms with Gasteiger partial charge < -0.3 is 20.8 Å². The van der Waals surface area contributed by atoms with Crippen molar-refractivity contribution in [2.24, 2.45) is 15.3 Å². The fraction of sp³-hybridized carbons (Fsp3) is 0.0645. The first-order valence-electron chi connectivity index (χ1n) is 15.9. The summed E-state index contributed by atoms with van der Waals surface area (Å²) < 4.78 is 98.8. The molecule has 8 N–H and O–H groups in total. The van der Waals surface area contributed by atoms with Crippen LogP contribution in [0.15, 0.2) is 115 Å². The summed E-state index contributed by atoms with van der Waals surface area (Å²) >= 11 is 6.64. The first-order chi connectivity index (χ1) is 28.3. The van der Waals surface area contributed by atoms with Gasteiger partial charge in [-0.25, -0.2) is 22.7 Å². The van der Waals surface area contributed by atoms with Gasteiger partial charge in [-0.15, -0.1) is 14.6 Å². The molecule has 24 nitrogen and oxygen atoms in total. The van der Waals surface area contributed by atoms with E-state index in [1.54, 1.807) is 30.3 Å². The van der Waals surface area contributed by atoms with Gasteiger partial charge in [0.1, 0.15) is 5.69 Å². The monoisotopic (exact) mass is 927 g/mol. The third kappa shape index (κ3) is 12.8. The van der Waals surface area contributed by atoms with Crippen LogP contribution in [0.2, 0.25) is 5.28 Å². The molecule has 4 aromatic carbocycles. The molecule has 316 valence electrons. The number of halogens is 1. The molecule has 1 aromatic heterocycles. The fourth-order valence-corrected chi connectivity index (χ4v) is 7.23. The Balaban J connectivity index is 1.46. The van der Waals surface area contributed by atoms with Crippen LogP contribution in [0.3, 0.4) is 0 Å². The van der Waals surface area contributed by atoms with Crippen LogP contribution in [0.5, 0.6) is 5.75 Å². The van der Waals surface area contributed by atoms with E-state index in [9.17, 15) is 44.8 Å². The Morgan fingerprint density at radius 3 is 2.22 bits per heavy atom. The number of carbonyl (C=O) groups is 1. The Hall–Kier alpha value is -5.92. The number of hydrogen-bond acceptors (Lipinski definition) is 21. The maximum atomic E-state index is 12.7. The van der Waals surface area contributed by atoms with E-state index in [-0.39, 0.29) is 38.5 Å². The summed E-state index contributed by atoms with van der Waals surface area (Å²) in [6.07, 6.45) is 0. The predicted octanol–water partition coefficient (Wildman–Crippen LogP) is 5.24. The molecular weight excluding hydrogens is 902 g/mol. The van der Waals surface area contributed by atoms with Gasteiger partial charge in [-0.2, -0.15) is 36.9 Å². The number of benzene rings is 4. The van der Waals surface area contributed by atoms with Crippen LogP contribution in [0, 0.1) is 0 Å². The second kappa shape index (κ2) is 19.4. The molecule has 0 bridgehead atoms. The number of sulfone groups is 1. The summed E-state index contributed by atoms with van der Waals surface area (Å²) in [5.74, 6) is -3.87. The molecule has 0 saturated heterocycles. The number of carboxylic acids is 1. The number of hydrazone groups is 1. The van der Waals surface area contributed by atoms with E-state index in [2.05, 4.69) is 59.9 Å². The van der Waals surface area contributed by atoms with Crippen LogP contribution in [0.25, 0.3) is 0 Å². The number of amidine groups is 1. The number of aromatic carboxylic acids is 1. The lowest BCUT2D eigenvalue weighted by Crippen LogP contribution is -2.15. The van der Waals surface area contributed by atoms with Crippen LogP contribution in [0.1, 0.15) is 15.9 Å². The van der Waals surface area contributed by atoms with E-state index in [1.165, 1.54) is 36.4 Å². The topological polar surface area (TPSA) is 360 Å². The lowest BCUT2D eigenvalue weighted by Gasteiger charge is -2.12. The van der Waals surface area contributed by atoms with Gasteiger partial charge in [0.2, 0.25) is 23.0 Å². The molecule has 0 spiro atoms. The minimum atomic E-state index is -4.98. The normalized spacial score (nSPS) is 12.4. The van der Waals surface area contributed by atoms with Gasteiger partial charge in [-0.3, -0.25) is 14.5 Å². The molecule has 0 saturated carbocycles. The molecule has 0 radical (unpaired) electrons. The van der Waals surface area contributed by atoms with Crippen molar-refractivity contribution >= 4 is 100 Å². The second-order valence-corrected chi connectivity index (χ2v) is 17.0. The van der Waals surface area contributed by atoms with E-state index >= 15 is 0 Å². The third-order valence-corrected chi connectivity index (χ3v) is 10.9. The molecule has 5 aromatic rings. The van der Waals surface area contributed by atoms with Gasteiger partial charge in [0, 0.05) is 16.1 Å². The number of azo groups is 1. The average Bonchev–Trinajstić information content (AvgIpc) is 3.17. The van der Waals surface area contributed by atoms with Crippen LogP contribution in [-0.2, 0) is 43.9 Å². The van der Waals surface area contributed by atoms with Gasteiger partial charge >= 0.3 is 16.4 Å². The van der Waals surface area contributed by atoms with Gasteiger partial charge in [0.05, 0.1) is 51.1 Å². The summed E-state index contributed by atoms with van der Waals surface area (Å²) in [7, 11) is -14.0. The number of rotatable bonds is 18. The molecule has 0 unspecified atom stereocenters. The van der Waals surface area contributed by atoms with E-state index in [0.717, 1.165) is 18.2 Å². The number of nitrogens with zero attached hydrogens (tertiary/aromatic N) is 6. The fourth-order valence-electron chi connectivity index (χ4n) is 4.61. The van der Waals surface area contributed by atoms with Crippen molar-refractivity contribution in [1.82, 2.24) is 15.0 Å². The average molecular weight is 928 g/mol. The zero-order valence-electron chi connectivity index (χ0n) is 29.5. The molecular formula is C31H26ClN9O15S4. The molecule has 0 atom stereocenters. The van der Waals surface area contributed by atoms with Crippen LogP contribution in [-0.4, -0.2) is 88.9 Å². The number of carboxylic acid groups (broad SMARTS) is 1. The smallest absolute Gasteiger partial charge is 0.397 e. The number of aromatic nitrogens is 3. The quantitative estimate of drug-likeness (QED) is 0.00813. The molecule has 29 heteroatoms. The maximum absolute atomic E-state index is 12.7. The van der Waals surface area contributed by atoms with Crippen LogP contribution < -0.4 is 16.1 Å². The summed E-state index contributed by atoms with van der Waals surface area (Å²) in [5, 5.41) is 49.9. The molecule has 0 amide bonds. The first kappa shape index (κ1) is 45.2. The first-order valence-corrected chi connectivity index (χ1v) is 21.5. The van der Waals surface area contributed by atoms with E-state index in [1.807, 2.05) is 0 Å². The van der Waals surface area contributed by atoms with Crippen molar-refractivity contribution in [3.8, 4) is 5.75 Å². The Morgan fingerprint density at radius 1 is 0.833 bits per heavy atom. The largest absolute Gasteiger partial charge is 0.504 e. The molecule has 1 heterocycles. The Morgan fingerprint density at radius 2 is 1.55 bits per heavy atom. The Kier molecular flexibility index (Phi) is 14.6. The second-order valence-electron chi connectivity index (χ2n) is 11.3. The summed E-state index contributed by atoms with van der Waals surface area (Å²) in [4.78, 5) is 23.0. The minimum absolute atomic E-state index is 0.0770. The highest BCUT2D eigenvalue weighted by molar-refractivity contribution is 7.94.